The molecule has 3 aromatic rings. The molecule has 0 radical (unpaired) electrons. The molecular weight excluding hydrogens is 324 g/mol. The summed E-state index contributed by atoms with van der Waals surface area (Å²) in [5.41, 5.74) is 1.49. The Morgan fingerprint density at radius 3 is 2.80 bits per heavy atom. The lowest BCUT2D eigenvalue weighted by molar-refractivity contribution is 0.102. The van der Waals surface area contributed by atoms with Gasteiger partial charge < -0.3 is 24.5 Å². The Hall–Kier alpha value is -3.55. The van der Waals surface area contributed by atoms with Crippen LogP contribution in [0, 0.1) is 0 Å². The van der Waals surface area contributed by atoms with E-state index in [4.69, 9.17) is 9.47 Å². The maximum Gasteiger partial charge on any atom is 0.259 e. The molecule has 2 aromatic carbocycles. The Morgan fingerprint density at radius 2 is 2.04 bits per heavy atom. The highest BCUT2D eigenvalue weighted by molar-refractivity contribution is 6.06. The minimum absolute atomic E-state index is 0.0690. The fraction of sp³-hybridized carbons (Fsp3) is 0.118. The number of phenolic OH excluding ortho intramolecular Hbond substituents is 1. The zero-order valence-corrected chi connectivity index (χ0v) is 13.3. The molecule has 0 bridgehead atoms. The average molecular weight is 338 g/mol. The largest absolute Gasteiger partial charge is 0.507 e. The molecule has 0 saturated heterocycles. The highest BCUT2D eigenvalue weighted by atomic mass is 16.7. The lowest BCUT2D eigenvalue weighted by Crippen LogP contribution is -2.12. The summed E-state index contributed by atoms with van der Waals surface area (Å²) in [5, 5.41) is 20.7. The molecule has 0 aliphatic carbocycles. The topological polar surface area (TPSA) is 98.5 Å². The van der Waals surface area contributed by atoms with Crippen molar-refractivity contribution in [2.75, 3.05) is 12.1 Å². The SMILES string of the molecule is Cn1cnnc1-c1cccc(NC(=O)c2cc3c(cc2O)OCO3)c1. The standard InChI is InChI=1S/C17H14N4O4/c1-21-8-18-20-16(21)10-3-2-4-11(5-10)19-17(23)12-6-14-15(7-13(12)22)25-9-24-14/h2-8,22H,9H2,1H3,(H,19,23). The van der Waals surface area contributed by atoms with Gasteiger partial charge in [-0.25, -0.2) is 0 Å². The van der Waals surface area contributed by atoms with Gasteiger partial charge in [0, 0.05) is 30.4 Å². The maximum absolute atomic E-state index is 12.5. The predicted octanol–water partition coefficient (Wildman–Crippen LogP) is 2.17. The molecule has 0 unspecified atom stereocenters. The maximum atomic E-state index is 12.5. The number of nitrogens with zero attached hydrogens (tertiary/aromatic N) is 3. The van der Waals surface area contributed by atoms with Gasteiger partial charge in [0.15, 0.2) is 17.3 Å². The Kier molecular flexibility index (Phi) is 3.50. The predicted molar refractivity (Wildman–Crippen MR) is 88.6 cm³/mol. The fourth-order valence-corrected chi connectivity index (χ4v) is 2.59. The summed E-state index contributed by atoms with van der Waals surface area (Å²) in [7, 11) is 1.84. The van der Waals surface area contributed by atoms with E-state index in [1.54, 1.807) is 29.1 Å². The van der Waals surface area contributed by atoms with Crippen LogP contribution in [-0.2, 0) is 7.05 Å². The molecule has 2 N–H and O–H groups in total. The third-order valence-electron chi connectivity index (χ3n) is 3.83. The van der Waals surface area contributed by atoms with E-state index < -0.39 is 5.91 Å². The number of carbonyl (C=O) groups excluding carboxylic acids is 1. The van der Waals surface area contributed by atoms with Gasteiger partial charge in [-0.15, -0.1) is 10.2 Å². The van der Waals surface area contributed by atoms with Crippen LogP contribution in [0.5, 0.6) is 17.2 Å². The summed E-state index contributed by atoms with van der Waals surface area (Å²) in [6.07, 6.45) is 1.60. The van der Waals surface area contributed by atoms with Crippen molar-refractivity contribution in [2.24, 2.45) is 7.05 Å². The lowest BCUT2D eigenvalue weighted by Gasteiger charge is -2.09. The number of rotatable bonds is 3. The quantitative estimate of drug-likeness (QED) is 0.759. The van der Waals surface area contributed by atoms with Gasteiger partial charge >= 0.3 is 0 Å². The van der Waals surface area contributed by atoms with E-state index in [1.165, 1.54) is 12.1 Å². The number of hydrogen-bond acceptors (Lipinski definition) is 6. The second-order valence-electron chi connectivity index (χ2n) is 5.52. The minimum atomic E-state index is -0.453. The van der Waals surface area contributed by atoms with Crippen LogP contribution < -0.4 is 14.8 Å². The molecule has 8 nitrogen and oxygen atoms in total. The van der Waals surface area contributed by atoms with E-state index in [1.807, 2.05) is 13.1 Å². The smallest absolute Gasteiger partial charge is 0.259 e. The van der Waals surface area contributed by atoms with Crippen molar-refractivity contribution in [1.82, 2.24) is 14.8 Å². The van der Waals surface area contributed by atoms with E-state index in [0.29, 0.717) is 23.0 Å². The third kappa shape index (κ3) is 2.74. The third-order valence-corrected chi connectivity index (χ3v) is 3.83. The van der Waals surface area contributed by atoms with Gasteiger partial charge in [0.25, 0.3) is 5.91 Å². The van der Waals surface area contributed by atoms with Crippen LogP contribution in [0.2, 0.25) is 0 Å². The Bertz CT molecular complexity index is 967. The van der Waals surface area contributed by atoms with Gasteiger partial charge in [0.05, 0.1) is 5.56 Å². The van der Waals surface area contributed by atoms with Gasteiger partial charge in [0.1, 0.15) is 12.1 Å². The van der Waals surface area contributed by atoms with Crippen molar-refractivity contribution >= 4 is 11.6 Å². The number of ether oxygens (including phenoxy) is 2. The highest BCUT2D eigenvalue weighted by Gasteiger charge is 2.21. The number of amides is 1. The van der Waals surface area contributed by atoms with Gasteiger partial charge in [-0.05, 0) is 12.1 Å². The summed E-state index contributed by atoms with van der Waals surface area (Å²) < 4.78 is 12.2. The number of aryl methyl sites for hydroxylation is 1. The van der Waals surface area contributed by atoms with Crippen molar-refractivity contribution < 1.29 is 19.4 Å². The summed E-state index contributed by atoms with van der Waals surface area (Å²) in [4.78, 5) is 12.5. The summed E-state index contributed by atoms with van der Waals surface area (Å²) in [6.45, 7) is 0.0690. The van der Waals surface area contributed by atoms with Crippen molar-refractivity contribution in [3.63, 3.8) is 0 Å². The van der Waals surface area contributed by atoms with E-state index in [0.717, 1.165) is 5.56 Å². The van der Waals surface area contributed by atoms with Crippen LogP contribution in [0.3, 0.4) is 0 Å². The van der Waals surface area contributed by atoms with Crippen LogP contribution in [0.4, 0.5) is 5.69 Å². The second kappa shape index (κ2) is 5.82. The van der Waals surface area contributed by atoms with Crippen molar-refractivity contribution in [1.29, 1.82) is 0 Å². The van der Waals surface area contributed by atoms with Crippen LogP contribution >= 0.6 is 0 Å². The molecule has 25 heavy (non-hydrogen) atoms. The summed E-state index contributed by atoms with van der Waals surface area (Å²) in [5.74, 6) is 0.897. The molecule has 1 amide bonds. The molecule has 2 heterocycles. The molecule has 8 heteroatoms. The summed E-state index contributed by atoms with van der Waals surface area (Å²) in [6, 6.07) is 10.0. The van der Waals surface area contributed by atoms with Crippen LogP contribution in [0.1, 0.15) is 10.4 Å². The minimum Gasteiger partial charge on any atom is -0.507 e. The van der Waals surface area contributed by atoms with E-state index in [9.17, 15) is 9.90 Å². The van der Waals surface area contributed by atoms with Crippen molar-refractivity contribution in [3.05, 3.63) is 48.3 Å². The Labute approximate surface area is 142 Å². The van der Waals surface area contributed by atoms with Gasteiger partial charge in [-0.3, -0.25) is 4.79 Å². The molecular formula is C17H14N4O4. The Balaban J connectivity index is 1.61. The molecule has 0 spiro atoms. The molecule has 1 aliphatic rings. The van der Waals surface area contributed by atoms with E-state index >= 15 is 0 Å². The van der Waals surface area contributed by atoms with E-state index in [2.05, 4.69) is 15.5 Å². The molecule has 0 fully saturated rings. The number of nitrogens with one attached hydrogen (secondary N) is 1. The number of fused-ring (bicyclic) bond motifs is 1. The number of phenols is 1. The monoisotopic (exact) mass is 338 g/mol. The first-order chi connectivity index (χ1) is 12.1. The average Bonchev–Trinajstić information content (AvgIpc) is 3.22. The highest BCUT2D eigenvalue weighted by Crippen LogP contribution is 2.37. The first kappa shape index (κ1) is 15.0. The normalized spacial score (nSPS) is 12.2. The summed E-state index contributed by atoms with van der Waals surface area (Å²) >= 11 is 0. The lowest BCUT2D eigenvalue weighted by atomic mass is 10.1. The zero-order chi connectivity index (χ0) is 17.4. The molecule has 126 valence electrons. The molecule has 4 rings (SSSR count). The van der Waals surface area contributed by atoms with E-state index in [-0.39, 0.29) is 18.1 Å². The second-order valence-corrected chi connectivity index (χ2v) is 5.52. The van der Waals surface area contributed by atoms with Crippen LogP contribution in [0.25, 0.3) is 11.4 Å². The van der Waals surface area contributed by atoms with Crippen molar-refractivity contribution in [2.45, 2.75) is 0 Å². The number of benzene rings is 2. The Morgan fingerprint density at radius 1 is 1.24 bits per heavy atom. The molecule has 0 saturated carbocycles. The number of hydrogen-bond donors (Lipinski definition) is 2. The number of carbonyl (C=O) groups is 1. The number of aromatic nitrogens is 3. The van der Waals surface area contributed by atoms with Crippen LogP contribution in [0.15, 0.2) is 42.7 Å². The van der Waals surface area contributed by atoms with Crippen molar-refractivity contribution in [3.8, 4) is 28.6 Å². The number of anilines is 1. The number of aromatic hydroxyl groups is 1. The zero-order valence-electron chi connectivity index (χ0n) is 13.3. The van der Waals surface area contributed by atoms with Gasteiger partial charge in [-0.1, -0.05) is 12.1 Å². The molecule has 1 aromatic heterocycles. The molecule has 0 atom stereocenters. The van der Waals surface area contributed by atoms with Gasteiger partial charge in [-0.2, -0.15) is 0 Å². The first-order valence-corrected chi connectivity index (χ1v) is 7.50. The molecule has 1 aliphatic heterocycles. The van der Waals surface area contributed by atoms with Crippen LogP contribution in [-0.4, -0.2) is 32.6 Å². The van der Waals surface area contributed by atoms with Gasteiger partial charge in [0.2, 0.25) is 6.79 Å². The first-order valence-electron chi connectivity index (χ1n) is 7.50. The fourth-order valence-electron chi connectivity index (χ4n) is 2.59.